The molecule has 1 aromatic carbocycles. The zero-order valence-corrected chi connectivity index (χ0v) is 10.4. The van der Waals surface area contributed by atoms with E-state index < -0.39 is 0 Å². The van der Waals surface area contributed by atoms with Crippen molar-refractivity contribution in [3.63, 3.8) is 0 Å². The molecule has 0 radical (unpaired) electrons. The van der Waals surface area contributed by atoms with Crippen LogP contribution < -0.4 is 0 Å². The molecule has 1 rings (SSSR count). The minimum atomic E-state index is 0.425. The highest BCUT2D eigenvalue weighted by Gasteiger charge is 2.05. The Bertz CT molecular complexity index is 233. The average Bonchev–Trinajstić information content (AvgIpc) is 2.06. The Labute approximate surface area is 94.6 Å². The second kappa shape index (κ2) is 5.25. The molecular formula is C9H9Br2Cl. The van der Waals surface area contributed by atoms with Gasteiger partial charge in [-0.05, 0) is 24.1 Å². The number of rotatable bonds is 3. The molecule has 0 fully saturated rings. The van der Waals surface area contributed by atoms with E-state index in [0.29, 0.717) is 4.83 Å². The fourth-order valence-corrected chi connectivity index (χ4v) is 2.67. The zero-order valence-electron chi connectivity index (χ0n) is 6.43. The molecule has 0 unspecified atom stereocenters. The second-order valence-corrected chi connectivity index (χ2v) is 4.83. The Balaban J connectivity index is 2.68. The molecule has 0 aliphatic rings. The Morgan fingerprint density at radius 3 is 2.33 bits per heavy atom. The van der Waals surface area contributed by atoms with E-state index in [4.69, 9.17) is 11.6 Å². The third-order valence-electron chi connectivity index (χ3n) is 1.59. The van der Waals surface area contributed by atoms with E-state index in [9.17, 15) is 0 Å². The van der Waals surface area contributed by atoms with Gasteiger partial charge in [-0.3, -0.25) is 0 Å². The number of hydrogen-bond donors (Lipinski definition) is 0. The van der Waals surface area contributed by atoms with Crippen LogP contribution in [0.2, 0.25) is 5.02 Å². The van der Waals surface area contributed by atoms with Gasteiger partial charge in [0.05, 0.1) is 0 Å². The van der Waals surface area contributed by atoms with Gasteiger partial charge in [0.15, 0.2) is 0 Å². The van der Waals surface area contributed by atoms with Crippen molar-refractivity contribution < 1.29 is 0 Å². The Morgan fingerprint density at radius 1 is 1.25 bits per heavy atom. The summed E-state index contributed by atoms with van der Waals surface area (Å²) >= 11 is 12.8. The summed E-state index contributed by atoms with van der Waals surface area (Å²) in [6.45, 7) is 0. The van der Waals surface area contributed by atoms with Crippen LogP contribution in [0.4, 0.5) is 0 Å². The number of alkyl halides is 2. The molecule has 1 atom stereocenters. The van der Waals surface area contributed by atoms with Gasteiger partial charge in [0.25, 0.3) is 0 Å². The van der Waals surface area contributed by atoms with Crippen LogP contribution in [0.25, 0.3) is 0 Å². The van der Waals surface area contributed by atoms with Crippen molar-refractivity contribution in [2.45, 2.75) is 11.2 Å². The number of benzene rings is 1. The molecule has 0 heterocycles. The predicted molar refractivity (Wildman–Crippen MR) is 61.5 cm³/mol. The van der Waals surface area contributed by atoms with E-state index in [1.54, 1.807) is 0 Å². The lowest BCUT2D eigenvalue weighted by molar-refractivity contribution is 0.928. The Hall–Kier alpha value is 0.470. The van der Waals surface area contributed by atoms with E-state index in [-0.39, 0.29) is 0 Å². The van der Waals surface area contributed by atoms with Crippen molar-refractivity contribution in [3.05, 3.63) is 34.9 Å². The largest absolute Gasteiger partial charge is 0.0928 e. The fraction of sp³-hybridized carbons (Fsp3) is 0.333. The normalized spacial score (nSPS) is 12.9. The molecule has 0 amide bonds. The quantitative estimate of drug-likeness (QED) is 0.718. The van der Waals surface area contributed by atoms with Gasteiger partial charge in [0.1, 0.15) is 0 Å². The highest BCUT2D eigenvalue weighted by atomic mass is 79.9. The van der Waals surface area contributed by atoms with E-state index >= 15 is 0 Å². The Kier molecular flexibility index (Phi) is 4.62. The average molecular weight is 312 g/mol. The number of hydrogen-bond acceptors (Lipinski definition) is 0. The van der Waals surface area contributed by atoms with E-state index in [0.717, 1.165) is 16.8 Å². The van der Waals surface area contributed by atoms with Crippen LogP contribution >= 0.6 is 43.5 Å². The van der Waals surface area contributed by atoms with Gasteiger partial charge in [0.2, 0.25) is 0 Å². The topological polar surface area (TPSA) is 0 Å². The van der Waals surface area contributed by atoms with Gasteiger partial charge in [-0.1, -0.05) is 55.6 Å². The Morgan fingerprint density at radius 2 is 1.83 bits per heavy atom. The summed E-state index contributed by atoms with van der Waals surface area (Å²) < 4.78 is 0. The van der Waals surface area contributed by atoms with Crippen molar-refractivity contribution >= 4 is 43.5 Å². The molecule has 0 saturated carbocycles. The summed E-state index contributed by atoms with van der Waals surface area (Å²) in [5, 5.41) is 1.79. The molecule has 0 N–H and O–H groups in total. The van der Waals surface area contributed by atoms with Crippen molar-refractivity contribution in [2.75, 3.05) is 5.33 Å². The maximum atomic E-state index is 5.77. The highest BCUT2D eigenvalue weighted by Crippen LogP contribution is 2.27. The van der Waals surface area contributed by atoms with Gasteiger partial charge in [-0.2, -0.15) is 0 Å². The van der Waals surface area contributed by atoms with Crippen LogP contribution in [0.1, 0.15) is 16.8 Å². The van der Waals surface area contributed by atoms with Gasteiger partial charge in [0, 0.05) is 15.2 Å². The van der Waals surface area contributed by atoms with Crippen LogP contribution in [0, 0.1) is 0 Å². The van der Waals surface area contributed by atoms with Gasteiger partial charge < -0.3 is 0 Å². The summed E-state index contributed by atoms with van der Waals surface area (Å²) in [6, 6.07) is 7.92. The van der Waals surface area contributed by atoms with E-state index in [2.05, 4.69) is 31.9 Å². The third kappa shape index (κ3) is 3.08. The van der Waals surface area contributed by atoms with Gasteiger partial charge in [-0.15, -0.1) is 0 Å². The molecule has 0 nitrogen and oxygen atoms in total. The first-order valence-electron chi connectivity index (χ1n) is 3.69. The lowest BCUT2D eigenvalue weighted by Crippen LogP contribution is -1.89. The van der Waals surface area contributed by atoms with Crippen LogP contribution in [0.5, 0.6) is 0 Å². The fourth-order valence-electron chi connectivity index (χ4n) is 0.934. The molecule has 0 aliphatic carbocycles. The smallest absolute Gasteiger partial charge is 0.0406 e. The van der Waals surface area contributed by atoms with E-state index in [1.807, 2.05) is 24.3 Å². The molecule has 1 aromatic rings. The lowest BCUT2D eigenvalue weighted by Gasteiger charge is -2.07. The summed E-state index contributed by atoms with van der Waals surface area (Å²) in [6.07, 6.45) is 1.08. The lowest BCUT2D eigenvalue weighted by atomic mass is 10.1. The molecule has 0 spiro atoms. The van der Waals surface area contributed by atoms with Crippen molar-refractivity contribution in [1.29, 1.82) is 0 Å². The molecule has 0 aromatic heterocycles. The minimum Gasteiger partial charge on any atom is -0.0928 e. The monoisotopic (exact) mass is 310 g/mol. The summed E-state index contributed by atoms with van der Waals surface area (Å²) in [5.74, 6) is 0. The standard InChI is InChI=1S/C9H9Br2Cl/c10-6-5-9(11)7-1-3-8(12)4-2-7/h1-4,9H,5-6H2/t9-/m1/s1. The molecule has 0 aliphatic heterocycles. The maximum Gasteiger partial charge on any atom is 0.0406 e. The van der Waals surface area contributed by atoms with E-state index in [1.165, 1.54) is 5.56 Å². The summed E-state index contributed by atoms with van der Waals surface area (Å²) in [4.78, 5) is 0.425. The molecular weight excluding hydrogens is 303 g/mol. The molecule has 12 heavy (non-hydrogen) atoms. The third-order valence-corrected chi connectivity index (χ3v) is 3.29. The maximum absolute atomic E-state index is 5.77. The number of halogens is 3. The first-order chi connectivity index (χ1) is 5.74. The van der Waals surface area contributed by atoms with Crippen LogP contribution in [0.15, 0.2) is 24.3 Å². The zero-order chi connectivity index (χ0) is 8.97. The van der Waals surface area contributed by atoms with Crippen LogP contribution in [0.3, 0.4) is 0 Å². The predicted octanol–water partition coefficient (Wildman–Crippen LogP) is 4.56. The summed E-state index contributed by atoms with van der Waals surface area (Å²) in [7, 11) is 0. The first kappa shape index (κ1) is 10.6. The van der Waals surface area contributed by atoms with Gasteiger partial charge >= 0.3 is 0 Å². The van der Waals surface area contributed by atoms with Crippen molar-refractivity contribution in [3.8, 4) is 0 Å². The first-order valence-corrected chi connectivity index (χ1v) is 6.11. The van der Waals surface area contributed by atoms with Crippen LogP contribution in [-0.2, 0) is 0 Å². The summed E-state index contributed by atoms with van der Waals surface area (Å²) in [5.41, 5.74) is 1.28. The molecule has 0 bridgehead atoms. The second-order valence-electron chi connectivity index (χ2n) is 2.50. The minimum absolute atomic E-state index is 0.425. The highest BCUT2D eigenvalue weighted by molar-refractivity contribution is 9.09. The van der Waals surface area contributed by atoms with Crippen LogP contribution in [-0.4, -0.2) is 5.33 Å². The van der Waals surface area contributed by atoms with Crippen molar-refractivity contribution in [2.24, 2.45) is 0 Å². The molecule has 0 saturated heterocycles. The van der Waals surface area contributed by atoms with Crippen molar-refractivity contribution in [1.82, 2.24) is 0 Å². The molecule has 66 valence electrons. The SMILES string of the molecule is Clc1ccc([C@H](Br)CCBr)cc1. The van der Waals surface area contributed by atoms with Gasteiger partial charge in [-0.25, -0.2) is 0 Å². The molecule has 3 heteroatoms.